The quantitative estimate of drug-likeness (QED) is 0.600. The van der Waals surface area contributed by atoms with Crippen molar-refractivity contribution < 1.29 is 14.4 Å². The maximum Gasteiger partial charge on any atom is 0.316 e. The highest BCUT2D eigenvalue weighted by Crippen LogP contribution is 2.28. The maximum absolute atomic E-state index is 12.7. The van der Waals surface area contributed by atoms with E-state index >= 15 is 0 Å². The monoisotopic (exact) mass is 342 g/mol. The first-order chi connectivity index (χ1) is 12.1. The number of anilines is 1. The second-order valence-corrected chi connectivity index (χ2v) is 6.90. The normalized spacial score (nSPS) is 23.5. The lowest BCUT2D eigenvalue weighted by Gasteiger charge is -2.45. The Balaban J connectivity index is 1.48. The number of likely N-dealkylation sites (N-methyl/N-ethyl adjacent to an activating group) is 1. The zero-order valence-electron chi connectivity index (χ0n) is 14.4. The Hall–Kier alpha value is -2.41. The number of rotatable bonds is 0. The Kier molecular flexibility index (Phi) is 3.95. The van der Waals surface area contributed by atoms with Crippen LogP contribution in [0.1, 0.15) is 5.56 Å². The Labute approximate surface area is 146 Å². The van der Waals surface area contributed by atoms with Crippen LogP contribution >= 0.6 is 0 Å². The lowest BCUT2D eigenvalue weighted by Crippen LogP contribution is -2.65. The second kappa shape index (κ2) is 6.15. The number of benzene rings is 1. The molecule has 0 saturated carbocycles. The molecule has 1 aromatic carbocycles. The number of hydrogen-bond acceptors (Lipinski definition) is 4. The molecule has 7 nitrogen and oxygen atoms in total. The second-order valence-electron chi connectivity index (χ2n) is 6.90. The third-order valence-electron chi connectivity index (χ3n) is 5.48. The van der Waals surface area contributed by atoms with Crippen molar-refractivity contribution in [2.24, 2.45) is 0 Å². The lowest BCUT2D eigenvalue weighted by molar-refractivity contribution is -0.152. The van der Waals surface area contributed by atoms with Gasteiger partial charge in [0.25, 0.3) is 0 Å². The Bertz CT molecular complexity index is 735. The molecule has 3 amide bonds. The molecule has 3 aliphatic rings. The molecule has 0 radical (unpaired) electrons. The van der Waals surface area contributed by atoms with Gasteiger partial charge in [-0.2, -0.15) is 0 Å². The molecule has 4 rings (SSSR count). The summed E-state index contributed by atoms with van der Waals surface area (Å²) in [5.41, 5.74) is 1.92. The Morgan fingerprint density at radius 3 is 2.60 bits per heavy atom. The van der Waals surface area contributed by atoms with E-state index in [4.69, 9.17) is 0 Å². The molecule has 0 bridgehead atoms. The van der Waals surface area contributed by atoms with Gasteiger partial charge in [-0.05, 0) is 18.1 Å². The van der Waals surface area contributed by atoms with E-state index in [1.54, 1.807) is 21.7 Å². The van der Waals surface area contributed by atoms with Gasteiger partial charge in [-0.15, -0.1) is 0 Å². The van der Waals surface area contributed by atoms with Crippen LogP contribution in [0.25, 0.3) is 0 Å². The van der Waals surface area contributed by atoms with Gasteiger partial charge in [-0.25, -0.2) is 0 Å². The van der Waals surface area contributed by atoms with Crippen molar-refractivity contribution in [3.63, 3.8) is 0 Å². The number of nitrogens with zero attached hydrogens (tertiary/aromatic N) is 4. The maximum atomic E-state index is 12.7. The average Bonchev–Trinajstić information content (AvgIpc) is 3.07. The molecule has 1 aromatic rings. The highest BCUT2D eigenvalue weighted by Gasteiger charge is 2.41. The fourth-order valence-electron chi connectivity index (χ4n) is 3.95. The molecule has 132 valence electrons. The van der Waals surface area contributed by atoms with Crippen LogP contribution in [-0.2, 0) is 20.8 Å². The summed E-state index contributed by atoms with van der Waals surface area (Å²) in [7, 11) is 1.78. The lowest BCUT2D eigenvalue weighted by atomic mass is 10.1. The van der Waals surface area contributed by atoms with Gasteiger partial charge in [-0.1, -0.05) is 18.2 Å². The summed E-state index contributed by atoms with van der Waals surface area (Å²) in [6.07, 6.45) is 0.773. The van der Waals surface area contributed by atoms with Crippen LogP contribution in [0.4, 0.5) is 5.69 Å². The SMILES string of the molecule is CN1CCN2CCN(C(=O)C(=O)N3CCc4ccccc43)C[C@@H]2C1=O. The minimum atomic E-state index is -0.502. The Morgan fingerprint density at radius 2 is 1.76 bits per heavy atom. The van der Waals surface area contributed by atoms with E-state index in [-0.39, 0.29) is 11.9 Å². The van der Waals surface area contributed by atoms with Crippen molar-refractivity contribution in [2.75, 3.05) is 51.2 Å². The standard InChI is InChI=1S/C18H22N4O3/c1-19-8-9-20-10-11-21(12-15(20)16(19)23)17(24)18(25)22-7-6-13-4-2-3-5-14(13)22/h2-5,15H,6-12H2,1H3/t15-/m1/s1. The molecular formula is C18H22N4O3. The highest BCUT2D eigenvalue weighted by atomic mass is 16.2. The molecule has 0 spiro atoms. The number of fused-ring (bicyclic) bond motifs is 2. The minimum Gasteiger partial charge on any atom is -0.343 e. The highest BCUT2D eigenvalue weighted by molar-refractivity contribution is 6.40. The molecule has 1 atom stereocenters. The summed E-state index contributed by atoms with van der Waals surface area (Å²) < 4.78 is 0. The van der Waals surface area contributed by atoms with Gasteiger partial charge in [0, 0.05) is 52.0 Å². The van der Waals surface area contributed by atoms with E-state index in [0.717, 1.165) is 24.2 Å². The van der Waals surface area contributed by atoms with Gasteiger partial charge in [0.2, 0.25) is 5.91 Å². The third-order valence-corrected chi connectivity index (χ3v) is 5.48. The molecule has 2 saturated heterocycles. The first-order valence-corrected chi connectivity index (χ1v) is 8.74. The van der Waals surface area contributed by atoms with Crippen LogP contribution < -0.4 is 4.90 Å². The van der Waals surface area contributed by atoms with Crippen molar-refractivity contribution in [3.05, 3.63) is 29.8 Å². The van der Waals surface area contributed by atoms with E-state index in [0.29, 0.717) is 32.7 Å². The zero-order valence-corrected chi connectivity index (χ0v) is 14.4. The van der Waals surface area contributed by atoms with Crippen LogP contribution in [0, 0.1) is 0 Å². The number of carbonyl (C=O) groups excluding carboxylic acids is 3. The summed E-state index contributed by atoms with van der Waals surface area (Å²) in [4.78, 5) is 44.8. The number of para-hydroxylation sites is 1. The van der Waals surface area contributed by atoms with Crippen LogP contribution in [0.2, 0.25) is 0 Å². The molecule has 0 aromatic heterocycles. The van der Waals surface area contributed by atoms with Gasteiger partial charge < -0.3 is 14.7 Å². The summed E-state index contributed by atoms with van der Waals surface area (Å²) in [6.45, 7) is 3.50. The fourth-order valence-corrected chi connectivity index (χ4v) is 3.95. The van der Waals surface area contributed by atoms with Crippen molar-refractivity contribution in [1.29, 1.82) is 0 Å². The van der Waals surface area contributed by atoms with Crippen LogP contribution in [0.15, 0.2) is 24.3 Å². The number of amides is 3. The van der Waals surface area contributed by atoms with Crippen LogP contribution in [0.3, 0.4) is 0 Å². The smallest absolute Gasteiger partial charge is 0.316 e. The number of carbonyl (C=O) groups is 3. The van der Waals surface area contributed by atoms with E-state index in [2.05, 4.69) is 4.90 Å². The molecular weight excluding hydrogens is 320 g/mol. The van der Waals surface area contributed by atoms with Gasteiger partial charge in [0.1, 0.15) is 6.04 Å². The summed E-state index contributed by atoms with van der Waals surface area (Å²) in [5, 5.41) is 0. The summed E-state index contributed by atoms with van der Waals surface area (Å²) >= 11 is 0. The molecule has 0 N–H and O–H groups in total. The van der Waals surface area contributed by atoms with E-state index in [1.807, 2.05) is 24.3 Å². The van der Waals surface area contributed by atoms with Crippen LogP contribution in [-0.4, -0.2) is 84.8 Å². The average molecular weight is 342 g/mol. The first-order valence-electron chi connectivity index (χ1n) is 8.74. The van der Waals surface area contributed by atoms with E-state index in [1.165, 1.54) is 0 Å². The zero-order chi connectivity index (χ0) is 17.6. The van der Waals surface area contributed by atoms with Crippen LogP contribution in [0.5, 0.6) is 0 Å². The van der Waals surface area contributed by atoms with Crippen molar-refractivity contribution in [1.82, 2.24) is 14.7 Å². The largest absolute Gasteiger partial charge is 0.343 e. The fraction of sp³-hybridized carbons (Fsp3) is 0.500. The van der Waals surface area contributed by atoms with E-state index in [9.17, 15) is 14.4 Å². The molecule has 3 heterocycles. The van der Waals surface area contributed by atoms with Gasteiger partial charge in [0.15, 0.2) is 0 Å². The Morgan fingerprint density at radius 1 is 1.00 bits per heavy atom. The first kappa shape index (κ1) is 16.1. The van der Waals surface area contributed by atoms with Crippen molar-refractivity contribution in [2.45, 2.75) is 12.5 Å². The summed E-state index contributed by atoms with van der Waals surface area (Å²) in [6, 6.07) is 7.37. The summed E-state index contributed by atoms with van der Waals surface area (Å²) in [5.74, 6) is -0.963. The molecule has 25 heavy (non-hydrogen) atoms. The van der Waals surface area contributed by atoms with Crippen molar-refractivity contribution >= 4 is 23.4 Å². The predicted octanol–water partition coefficient (Wildman–Crippen LogP) is -0.439. The molecule has 3 aliphatic heterocycles. The van der Waals surface area contributed by atoms with Gasteiger partial charge >= 0.3 is 11.8 Å². The molecule has 0 aliphatic carbocycles. The molecule has 0 unspecified atom stereocenters. The number of hydrogen-bond donors (Lipinski definition) is 0. The predicted molar refractivity (Wildman–Crippen MR) is 92.1 cm³/mol. The molecule has 7 heteroatoms. The third kappa shape index (κ3) is 2.68. The topological polar surface area (TPSA) is 64.2 Å². The minimum absolute atomic E-state index is 0.0303. The van der Waals surface area contributed by atoms with Gasteiger partial charge in [0.05, 0.1) is 0 Å². The molecule has 2 fully saturated rings. The van der Waals surface area contributed by atoms with E-state index < -0.39 is 11.8 Å². The van der Waals surface area contributed by atoms with Crippen molar-refractivity contribution in [3.8, 4) is 0 Å². The number of piperazine rings is 2. The van der Waals surface area contributed by atoms with Gasteiger partial charge in [-0.3, -0.25) is 19.3 Å².